The predicted molar refractivity (Wildman–Crippen MR) is 126 cm³/mol. The van der Waals surface area contributed by atoms with Crippen LogP contribution in [0.2, 0.25) is 0 Å². The molecule has 0 unspecified atom stereocenters. The molecule has 1 saturated carbocycles. The Balaban J connectivity index is 1.37. The van der Waals surface area contributed by atoms with Gasteiger partial charge in [0.05, 0.1) is 17.9 Å². The zero-order valence-corrected chi connectivity index (χ0v) is 18.4. The summed E-state index contributed by atoms with van der Waals surface area (Å²) in [5.41, 5.74) is 4.03. The number of pyridine rings is 1. The van der Waals surface area contributed by atoms with Crippen molar-refractivity contribution in [2.24, 2.45) is 0 Å². The van der Waals surface area contributed by atoms with Crippen molar-refractivity contribution >= 4 is 35.0 Å². The number of aromatic nitrogens is 4. The lowest BCUT2D eigenvalue weighted by molar-refractivity contribution is 0.0940. The lowest BCUT2D eigenvalue weighted by Gasteiger charge is -2.22. The minimum Gasteiger partial charge on any atom is -0.486 e. The van der Waals surface area contributed by atoms with Gasteiger partial charge in [0, 0.05) is 36.0 Å². The summed E-state index contributed by atoms with van der Waals surface area (Å²) >= 11 is 0. The van der Waals surface area contributed by atoms with Crippen LogP contribution in [0.1, 0.15) is 27.3 Å². The van der Waals surface area contributed by atoms with E-state index < -0.39 is 18.1 Å². The van der Waals surface area contributed by atoms with Crippen LogP contribution in [0.25, 0.3) is 16.9 Å². The highest BCUT2D eigenvalue weighted by molar-refractivity contribution is 5.95. The first-order chi connectivity index (χ1) is 17.1. The second kappa shape index (κ2) is 8.35. The van der Waals surface area contributed by atoms with Crippen molar-refractivity contribution < 1.29 is 18.7 Å². The lowest BCUT2D eigenvalue weighted by atomic mass is 10.1. The highest BCUT2D eigenvalue weighted by Crippen LogP contribution is 2.38. The maximum atomic E-state index is 13.3. The van der Waals surface area contributed by atoms with Gasteiger partial charge in [-0.15, -0.1) is 5.10 Å². The Labute approximate surface area is 198 Å². The van der Waals surface area contributed by atoms with Gasteiger partial charge in [-0.1, -0.05) is 12.1 Å². The summed E-state index contributed by atoms with van der Waals surface area (Å²) in [6.07, 6.45) is 2.99. The summed E-state index contributed by atoms with van der Waals surface area (Å²) in [6.45, 7) is 1.02. The fraction of sp³-hybridized carbons (Fsp3) is 0.208. The first-order valence-electron chi connectivity index (χ1n) is 11.1. The Morgan fingerprint density at radius 1 is 1.23 bits per heavy atom. The molecule has 35 heavy (non-hydrogen) atoms. The first kappa shape index (κ1) is 21.0. The number of imidazole rings is 1. The van der Waals surface area contributed by atoms with E-state index in [-0.39, 0.29) is 5.69 Å². The molecule has 6 rings (SSSR count). The number of nitrogens with zero attached hydrogens (tertiary/aromatic N) is 4. The van der Waals surface area contributed by atoms with Crippen LogP contribution in [0.3, 0.4) is 0 Å². The normalized spacial score (nSPS) is 18.2. The standard InChI is InChI=1S/C24H20FN7O3/c25-16-9-18(16)30-24(34)19-11-28-23-20-21(35-7-6-26-20)22(31-32(19)23)29-15-3-1-2-14(8-15)17-5-4-13(12-33)10-27-17/h1-5,8,10-12,16,18,26H,6-7,9H2,(H,29,31)(H,30,34)/t16-,18+/m0/s1. The van der Waals surface area contributed by atoms with Crippen LogP contribution in [0.5, 0.6) is 5.75 Å². The predicted octanol–water partition coefficient (Wildman–Crippen LogP) is 2.99. The van der Waals surface area contributed by atoms with E-state index >= 15 is 0 Å². The molecule has 3 aromatic heterocycles. The van der Waals surface area contributed by atoms with E-state index in [0.717, 1.165) is 17.5 Å². The quantitative estimate of drug-likeness (QED) is 0.365. The second-order valence-corrected chi connectivity index (χ2v) is 8.34. The number of carbonyl (C=O) groups excluding carboxylic acids is 2. The van der Waals surface area contributed by atoms with Gasteiger partial charge in [0.1, 0.15) is 18.5 Å². The van der Waals surface area contributed by atoms with Gasteiger partial charge >= 0.3 is 0 Å². The molecule has 11 heteroatoms. The van der Waals surface area contributed by atoms with Crippen LogP contribution in [0, 0.1) is 0 Å². The number of rotatable bonds is 6. The van der Waals surface area contributed by atoms with Crippen LogP contribution in [0.15, 0.2) is 48.8 Å². The van der Waals surface area contributed by atoms with Gasteiger partial charge in [0.15, 0.2) is 29.2 Å². The Bertz CT molecular complexity index is 1450. The second-order valence-electron chi connectivity index (χ2n) is 8.34. The molecule has 4 heterocycles. The Morgan fingerprint density at radius 2 is 2.11 bits per heavy atom. The molecule has 4 aromatic rings. The number of ether oxygens (including phenoxy) is 1. The molecule has 1 aromatic carbocycles. The molecule has 10 nitrogen and oxygen atoms in total. The topological polar surface area (TPSA) is 123 Å². The van der Waals surface area contributed by atoms with Crippen LogP contribution in [-0.2, 0) is 0 Å². The maximum Gasteiger partial charge on any atom is 0.271 e. The van der Waals surface area contributed by atoms with Crippen LogP contribution < -0.4 is 20.7 Å². The van der Waals surface area contributed by atoms with Crippen LogP contribution >= 0.6 is 0 Å². The molecule has 0 saturated heterocycles. The molecule has 1 aliphatic carbocycles. The Morgan fingerprint density at radius 3 is 2.89 bits per heavy atom. The fourth-order valence-electron chi connectivity index (χ4n) is 3.94. The molecule has 1 amide bonds. The van der Waals surface area contributed by atoms with Crippen molar-refractivity contribution in [1.29, 1.82) is 0 Å². The first-order valence-corrected chi connectivity index (χ1v) is 11.1. The summed E-state index contributed by atoms with van der Waals surface area (Å²) in [7, 11) is 0. The van der Waals surface area contributed by atoms with Gasteiger partial charge in [-0.05, 0) is 24.3 Å². The number of anilines is 3. The average Bonchev–Trinajstić information content (AvgIpc) is 3.41. The number of carbonyl (C=O) groups is 2. The van der Waals surface area contributed by atoms with Gasteiger partial charge in [-0.3, -0.25) is 14.6 Å². The molecule has 1 fully saturated rings. The van der Waals surface area contributed by atoms with Crippen molar-refractivity contribution in [1.82, 2.24) is 24.9 Å². The molecule has 0 radical (unpaired) electrons. The van der Waals surface area contributed by atoms with Gasteiger partial charge in [-0.2, -0.15) is 0 Å². The number of hydrogen-bond donors (Lipinski definition) is 3. The van der Waals surface area contributed by atoms with Gasteiger partial charge in [0.2, 0.25) is 0 Å². The summed E-state index contributed by atoms with van der Waals surface area (Å²) in [4.78, 5) is 32.3. The van der Waals surface area contributed by atoms with E-state index in [4.69, 9.17) is 4.74 Å². The molecule has 2 atom stereocenters. The van der Waals surface area contributed by atoms with Gasteiger partial charge in [0.25, 0.3) is 5.91 Å². The third-order valence-corrected chi connectivity index (χ3v) is 5.86. The number of aldehydes is 1. The van der Waals surface area contributed by atoms with E-state index in [9.17, 15) is 14.0 Å². The smallest absolute Gasteiger partial charge is 0.271 e. The van der Waals surface area contributed by atoms with Crippen molar-refractivity contribution in [2.45, 2.75) is 18.6 Å². The molecule has 176 valence electrons. The lowest BCUT2D eigenvalue weighted by Crippen LogP contribution is -2.29. The number of benzene rings is 1. The van der Waals surface area contributed by atoms with Crippen molar-refractivity contribution in [3.63, 3.8) is 0 Å². The Kier molecular flexibility index (Phi) is 5.02. The molecule has 2 aliphatic rings. The van der Waals surface area contributed by atoms with Gasteiger partial charge in [-0.25, -0.2) is 13.9 Å². The molecular formula is C24H20FN7O3. The van der Waals surface area contributed by atoms with E-state index in [1.54, 1.807) is 12.1 Å². The summed E-state index contributed by atoms with van der Waals surface area (Å²) in [6, 6.07) is 10.6. The zero-order valence-electron chi connectivity index (χ0n) is 18.4. The molecule has 1 aliphatic heterocycles. The summed E-state index contributed by atoms with van der Waals surface area (Å²) in [5.74, 6) is 0.443. The number of alkyl halides is 1. The fourth-order valence-corrected chi connectivity index (χ4v) is 3.94. The number of halogens is 1. The number of hydrogen-bond acceptors (Lipinski definition) is 8. The zero-order chi connectivity index (χ0) is 23.9. The third-order valence-electron chi connectivity index (χ3n) is 5.86. The number of amides is 1. The van der Waals surface area contributed by atoms with Crippen molar-refractivity contribution in [2.75, 3.05) is 23.8 Å². The van der Waals surface area contributed by atoms with E-state index in [0.29, 0.717) is 53.7 Å². The van der Waals surface area contributed by atoms with E-state index in [2.05, 4.69) is 31.0 Å². The highest BCUT2D eigenvalue weighted by Gasteiger charge is 2.39. The van der Waals surface area contributed by atoms with Crippen molar-refractivity contribution in [3.05, 3.63) is 60.0 Å². The monoisotopic (exact) mass is 473 g/mol. The number of fused-ring (bicyclic) bond motifs is 3. The van der Waals surface area contributed by atoms with E-state index in [1.807, 2.05) is 24.3 Å². The highest BCUT2D eigenvalue weighted by atomic mass is 19.1. The largest absolute Gasteiger partial charge is 0.486 e. The summed E-state index contributed by atoms with van der Waals surface area (Å²) < 4.78 is 20.6. The maximum absolute atomic E-state index is 13.3. The summed E-state index contributed by atoms with van der Waals surface area (Å²) in [5, 5.41) is 13.8. The van der Waals surface area contributed by atoms with E-state index in [1.165, 1.54) is 16.9 Å². The molecular weight excluding hydrogens is 453 g/mol. The average molecular weight is 473 g/mol. The minimum atomic E-state index is -1.01. The van der Waals surface area contributed by atoms with Crippen LogP contribution in [0.4, 0.5) is 21.6 Å². The SMILES string of the molecule is O=Cc1ccc(-c2cccc(Nc3nn4c(C(=O)N[C@@H]5C[C@@H]5F)cnc4c4c3OCCN4)c2)nc1. The molecule has 3 N–H and O–H groups in total. The molecule has 0 bridgehead atoms. The molecule has 0 spiro atoms. The Hall–Kier alpha value is -4.54. The minimum absolute atomic E-state index is 0.200. The number of nitrogens with one attached hydrogen (secondary N) is 3. The van der Waals surface area contributed by atoms with Crippen LogP contribution in [-0.4, -0.2) is 57.1 Å². The van der Waals surface area contributed by atoms with Gasteiger partial charge < -0.3 is 20.7 Å². The van der Waals surface area contributed by atoms with Crippen molar-refractivity contribution in [3.8, 4) is 17.0 Å². The third kappa shape index (κ3) is 3.90.